The van der Waals surface area contributed by atoms with Gasteiger partial charge in [-0.25, -0.2) is 8.42 Å². The van der Waals surface area contributed by atoms with Crippen LogP contribution >= 0.6 is 0 Å². The molecule has 0 radical (unpaired) electrons. The van der Waals surface area contributed by atoms with Gasteiger partial charge in [-0.15, -0.1) is 0 Å². The molecule has 1 fully saturated rings. The number of amides is 1. The number of nitrogens with zero attached hydrogens (tertiary/aromatic N) is 2. The van der Waals surface area contributed by atoms with Gasteiger partial charge in [0, 0.05) is 17.2 Å². The zero-order chi connectivity index (χ0) is 24.9. The number of aromatic hydroxyl groups is 1. The molecule has 35 heavy (non-hydrogen) atoms. The number of aromatic nitrogens is 2. The van der Waals surface area contributed by atoms with Crippen LogP contribution in [0.4, 0.5) is 0 Å². The number of fused-ring (bicyclic) bond motifs is 1. The second kappa shape index (κ2) is 8.71. The minimum atomic E-state index is -3.22. The van der Waals surface area contributed by atoms with Gasteiger partial charge in [-0.1, -0.05) is 25.1 Å². The van der Waals surface area contributed by atoms with Crippen LogP contribution in [0.15, 0.2) is 36.4 Å². The van der Waals surface area contributed by atoms with Crippen molar-refractivity contribution in [3.8, 4) is 22.8 Å². The highest BCUT2D eigenvalue weighted by atomic mass is 32.2. The van der Waals surface area contributed by atoms with E-state index in [9.17, 15) is 18.3 Å². The van der Waals surface area contributed by atoms with Crippen LogP contribution in [-0.2, 0) is 9.84 Å². The van der Waals surface area contributed by atoms with Crippen molar-refractivity contribution in [1.82, 2.24) is 15.1 Å². The predicted molar refractivity (Wildman–Crippen MR) is 132 cm³/mol. The van der Waals surface area contributed by atoms with Gasteiger partial charge in [0.1, 0.15) is 22.9 Å². The van der Waals surface area contributed by atoms with Crippen LogP contribution in [0.5, 0.6) is 11.5 Å². The van der Waals surface area contributed by atoms with Crippen LogP contribution in [0, 0.1) is 13.8 Å². The van der Waals surface area contributed by atoms with Gasteiger partial charge < -0.3 is 14.7 Å². The van der Waals surface area contributed by atoms with E-state index in [0.29, 0.717) is 46.9 Å². The summed E-state index contributed by atoms with van der Waals surface area (Å²) in [7, 11) is -3.22. The highest BCUT2D eigenvalue weighted by molar-refractivity contribution is 7.91. The van der Waals surface area contributed by atoms with E-state index in [4.69, 9.17) is 4.74 Å². The van der Waals surface area contributed by atoms with Crippen molar-refractivity contribution < 1.29 is 23.1 Å². The fraction of sp³-hybridized carbons (Fsp3) is 0.385. The molecule has 0 bridgehead atoms. The molecule has 2 aromatic carbocycles. The summed E-state index contributed by atoms with van der Waals surface area (Å²) in [5, 5.41) is 18.2. The Bertz CT molecular complexity index is 1410. The Morgan fingerprint density at radius 3 is 2.74 bits per heavy atom. The lowest BCUT2D eigenvalue weighted by molar-refractivity contribution is 0.0677. The van der Waals surface area contributed by atoms with Crippen molar-refractivity contribution >= 4 is 15.7 Å². The maximum atomic E-state index is 13.7. The first-order chi connectivity index (χ1) is 16.7. The Kier molecular flexibility index (Phi) is 5.83. The van der Waals surface area contributed by atoms with Gasteiger partial charge in [-0.3, -0.25) is 9.89 Å². The molecule has 1 saturated heterocycles. The first kappa shape index (κ1) is 23.4. The Balaban J connectivity index is 1.69. The number of ether oxygens (including phenoxy) is 1. The smallest absolute Gasteiger partial charge is 0.273 e. The van der Waals surface area contributed by atoms with E-state index in [1.165, 1.54) is 0 Å². The number of carbonyl (C=O) groups is 1. The number of rotatable bonds is 6. The summed E-state index contributed by atoms with van der Waals surface area (Å²) in [5.74, 6) is 0.504. The van der Waals surface area contributed by atoms with Gasteiger partial charge in [0.25, 0.3) is 5.91 Å². The van der Waals surface area contributed by atoms with E-state index in [1.54, 1.807) is 4.90 Å². The average Bonchev–Trinajstić information content (AvgIpc) is 3.48. The molecule has 3 aromatic rings. The highest BCUT2D eigenvalue weighted by Gasteiger charge is 2.48. The summed E-state index contributed by atoms with van der Waals surface area (Å²) in [4.78, 5) is 15.3. The number of nitrogens with one attached hydrogen (secondary N) is 1. The molecule has 1 amide bonds. The van der Waals surface area contributed by atoms with Crippen LogP contribution in [0.25, 0.3) is 11.3 Å². The number of benzene rings is 2. The van der Waals surface area contributed by atoms with Gasteiger partial charge in [0.2, 0.25) is 0 Å². The molecule has 8 nitrogen and oxygen atoms in total. The van der Waals surface area contributed by atoms with Crippen molar-refractivity contribution in [1.29, 1.82) is 0 Å². The quantitative estimate of drug-likeness (QED) is 0.536. The van der Waals surface area contributed by atoms with Gasteiger partial charge in [0.05, 0.1) is 24.2 Å². The topological polar surface area (TPSA) is 113 Å². The average molecular weight is 496 g/mol. The van der Waals surface area contributed by atoms with Gasteiger partial charge in [0.15, 0.2) is 9.84 Å². The van der Waals surface area contributed by atoms with Crippen molar-refractivity contribution in [2.24, 2.45) is 0 Å². The minimum Gasteiger partial charge on any atom is -0.507 e. The number of carbonyl (C=O) groups excluding carboxylic acids is 1. The largest absolute Gasteiger partial charge is 0.507 e. The minimum absolute atomic E-state index is 0.0602. The molecular formula is C26H29N3O5S. The maximum absolute atomic E-state index is 13.7. The SMILES string of the molecule is CCCOc1cccc(C2c3c(-c4cc(C)cc(C)c4O)n[nH]c3C(=O)N2C2CCS(=O)(=O)C2)c1. The third-order valence-corrected chi connectivity index (χ3v) is 8.50. The number of aromatic amines is 1. The molecule has 2 unspecified atom stereocenters. The first-order valence-corrected chi connectivity index (χ1v) is 13.7. The molecule has 184 valence electrons. The van der Waals surface area contributed by atoms with E-state index in [1.807, 2.05) is 57.2 Å². The molecule has 0 spiro atoms. The first-order valence-electron chi connectivity index (χ1n) is 11.8. The van der Waals surface area contributed by atoms with Crippen molar-refractivity contribution in [3.63, 3.8) is 0 Å². The van der Waals surface area contributed by atoms with Crippen molar-refractivity contribution in [2.75, 3.05) is 18.1 Å². The van der Waals surface area contributed by atoms with Gasteiger partial charge in [-0.05, 0) is 61.6 Å². The molecule has 0 aliphatic carbocycles. The maximum Gasteiger partial charge on any atom is 0.273 e. The summed E-state index contributed by atoms with van der Waals surface area (Å²) >= 11 is 0. The van der Waals surface area contributed by atoms with E-state index in [0.717, 1.165) is 17.5 Å². The third-order valence-electron chi connectivity index (χ3n) is 6.75. The number of H-pyrrole nitrogens is 1. The molecular weight excluding hydrogens is 466 g/mol. The second-order valence-corrected chi connectivity index (χ2v) is 11.7. The third kappa shape index (κ3) is 4.07. The summed E-state index contributed by atoms with van der Waals surface area (Å²) < 4.78 is 30.5. The van der Waals surface area contributed by atoms with E-state index in [-0.39, 0.29) is 23.2 Å². The number of aryl methyl sites for hydroxylation is 2. The fourth-order valence-corrected chi connectivity index (χ4v) is 6.92. The molecule has 2 aliphatic rings. The molecule has 9 heteroatoms. The zero-order valence-electron chi connectivity index (χ0n) is 20.0. The monoisotopic (exact) mass is 495 g/mol. The molecule has 0 saturated carbocycles. The highest BCUT2D eigenvalue weighted by Crippen LogP contribution is 2.47. The Morgan fingerprint density at radius 1 is 1.23 bits per heavy atom. The molecule has 1 aromatic heterocycles. The molecule has 5 rings (SSSR count). The van der Waals surface area contributed by atoms with Crippen LogP contribution in [0.3, 0.4) is 0 Å². The molecule has 2 aliphatic heterocycles. The van der Waals surface area contributed by atoms with Gasteiger partial charge in [-0.2, -0.15) is 5.10 Å². The van der Waals surface area contributed by atoms with Gasteiger partial charge >= 0.3 is 0 Å². The van der Waals surface area contributed by atoms with E-state index >= 15 is 0 Å². The number of phenolic OH excluding ortho intramolecular Hbond substituents is 1. The normalized spacial score (nSPS) is 20.9. The molecule has 2 atom stereocenters. The lowest BCUT2D eigenvalue weighted by Gasteiger charge is -2.31. The Labute approximate surface area is 204 Å². The molecule has 3 heterocycles. The summed E-state index contributed by atoms with van der Waals surface area (Å²) in [6, 6.07) is 10.3. The van der Waals surface area contributed by atoms with Crippen LogP contribution < -0.4 is 4.74 Å². The van der Waals surface area contributed by atoms with Crippen LogP contribution in [-0.4, -0.2) is 58.7 Å². The lowest BCUT2D eigenvalue weighted by atomic mass is 9.93. The Hall–Kier alpha value is -3.33. The number of sulfone groups is 1. The predicted octanol–water partition coefficient (Wildman–Crippen LogP) is 3.92. The molecule has 2 N–H and O–H groups in total. The van der Waals surface area contributed by atoms with Crippen molar-refractivity contribution in [3.05, 3.63) is 64.3 Å². The summed E-state index contributed by atoms with van der Waals surface area (Å²) in [6.45, 7) is 6.36. The van der Waals surface area contributed by atoms with E-state index < -0.39 is 21.9 Å². The van der Waals surface area contributed by atoms with Crippen LogP contribution in [0.2, 0.25) is 0 Å². The van der Waals surface area contributed by atoms with E-state index in [2.05, 4.69) is 10.2 Å². The number of hydrogen-bond donors (Lipinski definition) is 2. The fourth-order valence-electron chi connectivity index (χ4n) is 5.20. The van der Waals surface area contributed by atoms with Crippen molar-refractivity contribution in [2.45, 2.75) is 45.7 Å². The number of phenols is 1. The lowest BCUT2D eigenvalue weighted by Crippen LogP contribution is -2.40. The standard InChI is InChI=1S/C26H29N3O5S/c1-4-9-34-19-7-5-6-17(13-19)24-21-22(20-12-15(2)11-16(3)25(20)30)27-28-23(21)26(31)29(24)18-8-10-35(32,33)14-18/h5-7,11-13,18,24,30H,4,8-10,14H2,1-3H3,(H,27,28). The summed E-state index contributed by atoms with van der Waals surface area (Å²) in [6.07, 6.45) is 1.25. The Morgan fingerprint density at radius 2 is 2.03 bits per heavy atom. The van der Waals surface area contributed by atoms with Crippen LogP contribution in [0.1, 0.15) is 58.5 Å². The summed E-state index contributed by atoms with van der Waals surface area (Å²) in [5.41, 5.74) is 4.48. The second-order valence-electron chi connectivity index (χ2n) is 9.43. The zero-order valence-corrected chi connectivity index (χ0v) is 20.9. The number of hydrogen-bond acceptors (Lipinski definition) is 6.